The number of nitrogens with zero attached hydrogens (tertiary/aromatic N) is 2. The number of hydrogen-bond donors (Lipinski definition) is 2. The highest BCUT2D eigenvalue weighted by molar-refractivity contribution is 7.89. The number of sulfonamides is 1. The zero-order valence-corrected chi connectivity index (χ0v) is 25.8. The Hall–Kier alpha value is -1.67. The molecule has 1 aliphatic heterocycles. The van der Waals surface area contributed by atoms with Gasteiger partial charge in [0.05, 0.1) is 10.9 Å². The minimum absolute atomic E-state index is 0.000667. The Kier molecular flexibility index (Phi) is 9.16. The number of aryl methyl sites for hydroxylation is 1. The van der Waals surface area contributed by atoms with Crippen molar-refractivity contribution < 1.29 is 8.42 Å². The number of pyridine rings is 1. The second-order valence-corrected chi connectivity index (χ2v) is 16.3. The molecule has 5 rings (SSSR count). The van der Waals surface area contributed by atoms with E-state index < -0.39 is 10.0 Å². The van der Waals surface area contributed by atoms with Crippen molar-refractivity contribution >= 4 is 21.9 Å². The van der Waals surface area contributed by atoms with Crippen LogP contribution in [-0.2, 0) is 17.1 Å². The van der Waals surface area contributed by atoms with Crippen LogP contribution in [0, 0.1) is 40.4 Å². The fourth-order valence-corrected chi connectivity index (χ4v) is 11.0. The second kappa shape index (κ2) is 12.3. The Labute approximate surface area is 242 Å². The molecule has 1 saturated heterocycles. The van der Waals surface area contributed by atoms with Gasteiger partial charge in [-0.2, -0.15) is 0 Å². The van der Waals surface area contributed by atoms with Crippen molar-refractivity contribution in [3.05, 3.63) is 28.7 Å². The van der Waals surface area contributed by atoms with Crippen molar-refractivity contribution in [2.24, 2.45) is 42.1 Å². The van der Waals surface area contributed by atoms with Crippen molar-refractivity contribution in [3.63, 3.8) is 0 Å². The van der Waals surface area contributed by atoms with E-state index >= 15 is 0 Å². The Morgan fingerprint density at radius 1 is 1.05 bits per heavy atom. The summed E-state index contributed by atoms with van der Waals surface area (Å²) in [5.41, 5.74) is 0.889. The minimum atomic E-state index is -3.28. The smallest absolute Gasteiger partial charge is 0.250 e. The van der Waals surface area contributed by atoms with Gasteiger partial charge >= 0.3 is 0 Å². The number of rotatable bonds is 8. The quantitative estimate of drug-likeness (QED) is 0.371. The van der Waals surface area contributed by atoms with Gasteiger partial charge in [0.15, 0.2) is 0 Å². The third kappa shape index (κ3) is 6.23. The monoisotopic (exact) mass is 572 g/mol. The molecule has 2 heterocycles. The summed E-state index contributed by atoms with van der Waals surface area (Å²) in [5, 5.41) is 11.8. The number of nitrogens with one attached hydrogen (secondary N) is 2. The summed E-state index contributed by atoms with van der Waals surface area (Å²) in [6.45, 7) is 5.96. The van der Waals surface area contributed by atoms with Crippen molar-refractivity contribution in [1.82, 2.24) is 8.87 Å². The lowest BCUT2D eigenvalue weighted by molar-refractivity contribution is 0.0371. The molecule has 1 aromatic rings. The second-order valence-electron chi connectivity index (χ2n) is 14.1. The average Bonchev–Trinajstić information content (AvgIpc) is 3.37. The minimum Gasteiger partial charge on any atom is -0.380 e. The van der Waals surface area contributed by atoms with Crippen molar-refractivity contribution in [3.8, 4) is 0 Å². The Morgan fingerprint density at radius 3 is 2.45 bits per heavy atom. The highest BCUT2D eigenvalue weighted by atomic mass is 32.2. The Balaban J connectivity index is 1.37. The van der Waals surface area contributed by atoms with E-state index in [1.165, 1.54) is 32.1 Å². The fraction of sp³-hybridized carbons (Fsp3) is 0.812. The first-order valence-corrected chi connectivity index (χ1v) is 17.5. The van der Waals surface area contributed by atoms with Crippen molar-refractivity contribution in [2.45, 2.75) is 109 Å². The Morgan fingerprint density at radius 2 is 1.77 bits per heavy atom. The van der Waals surface area contributed by atoms with Crippen LogP contribution in [0.1, 0.15) is 97.3 Å². The van der Waals surface area contributed by atoms with E-state index in [-0.39, 0.29) is 28.2 Å². The van der Waals surface area contributed by atoms with Crippen LogP contribution in [0.25, 0.3) is 0 Å². The van der Waals surface area contributed by atoms with Gasteiger partial charge in [0, 0.05) is 50.6 Å². The molecule has 5 unspecified atom stereocenters. The van der Waals surface area contributed by atoms with Gasteiger partial charge in [-0.05, 0) is 86.5 Å². The highest BCUT2D eigenvalue weighted by Crippen LogP contribution is 2.54. The van der Waals surface area contributed by atoms with E-state index in [2.05, 4.69) is 19.2 Å². The molecule has 4 fully saturated rings. The van der Waals surface area contributed by atoms with Crippen molar-refractivity contribution in [2.75, 3.05) is 18.4 Å². The molecule has 0 amide bonds. The molecule has 3 aliphatic carbocycles. The summed E-state index contributed by atoms with van der Waals surface area (Å²) in [5.74, 6) is 2.26. The molecule has 4 aliphatic rings. The molecule has 0 radical (unpaired) electrons. The summed E-state index contributed by atoms with van der Waals surface area (Å²) in [7, 11) is -1.52. The standard InChI is InChI=1S/C32H52N4O3S/c1-23-9-12-28(13-10-23)40(38,39)36-16-15-32(22-36,19-25-7-5-4-6-8-25)29-18-26(20-33)30(17-24(29)2)34-27-11-14-31(37)35(3)21-27/h11,14,20-21,23-26,28-30,33-34H,4-10,12-13,15-19,22H2,1-3H3. The zero-order valence-electron chi connectivity index (χ0n) is 25.0. The molecule has 5 atom stereocenters. The van der Waals surface area contributed by atoms with Gasteiger partial charge in [-0.15, -0.1) is 0 Å². The molecule has 40 heavy (non-hydrogen) atoms. The van der Waals surface area contributed by atoms with E-state index in [1.54, 1.807) is 23.9 Å². The zero-order chi connectivity index (χ0) is 28.5. The third-order valence-corrected chi connectivity index (χ3v) is 13.7. The normalized spacial score (nSPS) is 36.4. The number of aromatic nitrogens is 1. The molecule has 0 spiro atoms. The lowest BCUT2D eigenvalue weighted by atomic mass is 9.57. The average molecular weight is 573 g/mol. The first-order valence-electron chi connectivity index (χ1n) is 16.0. The molecule has 7 nitrogen and oxygen atoms in total. The van der Waals surface area contributed by atoms with Gasteiger partial charge in [0.25, 0.3) is 0 Å². The molecule has 1 aromatic heterocycles. The highest BCUT2D eigenvalue weighted by Gasteiger charge is 2.53. The molecule has 0 aromatic carbocycles. The van der Waals surface area contributed by atoms with E-state index in [1.807, 2.05) is 16.6 Å². The van der Waals surface area contributed by atoms with Gasteiger partial charge in [-0.1, -0.05) is 46.0 Å². The molecule has 224 valence electrons. The summed E-state index contributed by atoms with van der Waals surface area (Å²) >= 11 is 0. The van der Waals surface area contributed by atoms with Gasteiger partial charge in [0.2, 0.25) is 15.6 Å². The molecular weight excluding hydrogens is 520 g/mol. The summed E-state index contributed by atoms with van der Waals surface area (Å²) in [6.07, 6.45) is 17.6. The predicted octanol–water partition coefficient (Wildman–Crippen LogP) is 6.05. The Bertz CT molecular complexity index is 1180. The van der Waals surface area contributed by atoms with Crippen LogP contribution in [0.15, 0.2) is 23.1 Å². The molecule has 2 N–H and O–H groups in total. The first-order chi connectivity index (χ1) is 19.1. The molecule has 0 bridgehead atoms. The maximum atomic E-state index is 13.9. The van der Waals surface area contributed by atoms with Crippen LogP contribution in [0.3, 0.4) is 0 Å². The lowest BCUT2D eigenvalue weighted by Gasteiger charge is -2.49. The van der Waals surface area contributed by atoms with Gasteiger partial charge in [0.1, 0.15) is 0 Å². The van der Waals surface area contributed by atoms with Crippen molar-refractivity contribution in [1.29, 1.82) is 5.41 Å². The molecule has 8 heteroatoms. The lowest BCUT2D eigenvalue weighted by Crippen LogP contribution is -2.49. The van der Waals surface area contributed by atoms with Gasteiger partial charge < -0.3 is 15.3 Å². The van der Waals surface area contributed by atoms with E-state index in [0.717, 1.165) is 57.1 Å². The van der Waals surface area contributed by atoms with E-state index in [4.69, 9.17) is 5.41 Å². The van der Waals surface area contributed by atoms with Crippen LogP contribution >= 0.6 is 0 Å². The number of hydrogen-bond acceptors (Lipinski definition) is 5. The molecule has 3 saturated carbocycles. The SMILES string of the molecule is CC1CCC(S(=O)(=O)N2CCC(CC3CCCCC3)(C3CC(C=N)C(Nc4ccc(=O)n(C)c4)CC3C)C2)CC1. The largest absolute Gasteiger partial charge is 0.380 e. The topological polar surface area (TPSA) is 95.3 Å². The fourth-order valence-electron chi connectivity index (χ4n) is 8.93. The van der Waals surface area contributed by atoms with Gasteiger partial charge in [-0.3, -0.25) is 4.79 Å². The third-order valence-electron chi connectivity index (χ3n) is 11.3. The number of anilines is 1. The maximum absolute atomic E-state index is 13.9. The van der Waals surface area contributed by atoms with Crippen LogP contribution in [-0.4, -0.2) is 47.9 Å². The predicted molar refractivity (Wildman–Crippen MR) is 163 cm³/mol. The van der Waals surface area contributed by atoms with Crippen LogP contribution in [0.5, 0.6) is 0 Å². The first kappa shape index (κ1) is 29.8. The van der Waals surface area contributed by atoms with Gasteiger partial charge in [-0.25, -0.2) is 12.7 Å². The molecular formula is C32H52N4O3S. The van der Waals surface area contributed by atoms with Crippen LogP contribution in [0.4, 0.5) is 5.69 Å². The van der Waals surface area contributed by atoms with Crippen LogP contribution in [0.2, 0.25) is 0 Å². The summed E-state index contributed by atoms with van der Waals surface area (Å²) < 4.78 is 31.4. The maximum Gasteiger partial charge on any atom is 0.250 e. The van der Waals surface area contributed by atoms with Crippen LogP contribution < -0.4 is 10.9 Å². The summed E-state index contributed by atoms with van der Waals surface area (Å²) in [6, 6.07) is 3.57. The van der Waals surface area contributed by atoms with E-state index in [9.17, 15) is 13.2 Å². The summed E-state index contributed by atoms with van der Waals surface area (Å²) in [4.78, 5) is 11.9. The van der Waals surface area contributed by atoms with E-state index in [0.29, 0.717) is 36.8 Å².